The molecule has 0 radical (unpaired) electrons. The second-order valence-corrected chi connectivity index (χ2v) is 4.95. The summed E-state index contributed by atoms with van der Waals surface area (Å²) in [6, 6.07) is 11.1. The SMILES string of the molecule is FC(F)(F)c1ccccc1OCc1ccc2c(c1)CCN2. The lowest BCUT2D eigenvalue weighted by molar-refractivity contribution is -0.139. The molecule has 1 aliphatic rings. The van der Waals surface area contributed by atoms with Crippen molar-refractivity contribution in [2.45, 2.75) is 19.2 Å². The molecule has 5 heteroatoms. The Bertz CT molecular complexity index is 652. The Morgan fingerprint density at radius 2 is 1.90 bits per heavy atom. The highest BCUT2D eigenvalue weighted by Gasteiger charge is 2.33. The van der Waals surface area contributed by atoms with Crippen LogP contribution in [-0.4, -0.2) is 6.54 Å². The van der Waals surface area contributed by atoms with E-state index in [0.29, 0.717) is 0 Å². The first-order valence-corrected chi connectivity index (χ1v) is 6.69. The smallest absolute Gasteiger partial charge is 0.419 e. The van der Waals surface area contributed by atoms with Gasteiger partial charge in [-0.1, -0.05) is 24.3 Å². The molecule has 0 aromatic heterocycles. The maximum atomic E-state index is 12.9. The minimum Gasteiger partial charge on any atom is -0.488 e. The lowest BCUT2D eigenvalue weighted by atomic mass is 10.1. The number of ether oxygens (including phenoxy) is 1. The van der Waals surface area contributed by atoms with Crippen LogP contribution < -0.4 is 10.1 Å². The van der Waals surface area contributed by atoms with Crippen LogP contribution in [0.5, 0.6) is 5.75 Å². The van der Waals surface area contributed by atoms with Crippen molar-refractivity contribution < 1.29 is 17.9 Å². The molecule has 1 heterocycles. The fourth-order valence-corrected chi connectivity index (χ4v) is 2.44. The van der Waals surface area contributed by atoms with Crippen LogP contribution in [0.4, 0.5) is 18.9 Å². The number of fused-ring (bicyclic) bond motifs is 1. The van der Waals surface area contributed by atoms with E-state index in [2.05, 4.69) is 5.32 Å². The molecular formula is C16H14F3NO. The number of alkyl halides is 3. The summed E-state index contributed by atoms with van der Waals surface area (Å²) < 4.78 is 44.0. The molecule has 0 saturated carbocycles. The summed E-state index contributed by atoms with van der Waals surface area (Å²) in [6.07, 6.45) is -3.47. The molecule has 0 saturated heterocycles. The van der Waals surface area contributed by atoms with Gasteiger partial charge in [-0.05, 0) is 35.7 Å². The summed E-state index contributed by atoms with van der Waals surface area (Å²) in [5, 5.41) is 3.24. The number of benzene rings is 2. The molecule has 2 nitrogen and oxygen atoms in total. The molecule has 1 aliphatic heterocycles. The summed E-state index contributed by atoms with van der Waals surface area (Å²) >= 11 is 0. The van der Waals surface area contributed by atoms with Gasteiger partial charge in [0.05, 0.1) is 5.56 Å². The van der Waals surface area contributed by atoms with Crippen molar-refractivity contribution in [3.05, 3.63) is 59.2 Å². The van der Waals surface area contributed by atoms with Gasteiger partial charge in [0.2, 0.25) is 0 Å². The molecule has 0 aliphatic carbocycles. The molecule has 0 spiro atoms. The monoisotopic (exact) mass is 293 g/mol. The van der Waals surface area contributed by atoms with Crippen LogP contribution in [0.3, 0.4) is 0 Å². The predicted molar refractivity (Wildman–Crippen MR) is 74.4 cm³/mol. The highest BCUT2D eigenvalue weighted by atomic mass is 19.4. The summed E-state index contributed by atoms with van der Waals surface area (Å²) in [5.74, 6) is -0.136. The van der Waals surface area contributed by atoms with E-state index < -0.39 is 11.7 Å². The average molecular weight is 293 g/mol. The molecule has 21 heavy (non-hydrogen) atoms. The predicted octanol–water partition coefficient (Wildman–Crippen LogP) is 4.25. The van der Waals surface area contributed by atoms with E-state index in [1.54, 1.807) is 0 Å². The molecule has 0 bridgehead atoms. The fraction of sp³-hybridized carbons (Fsp3) is 0.250. The quantitative estimate of drug-likeness (QED) is 0.913. The minimum absolute atomic E-state index is 0.125. The molecule has 2 aromatic carbocycles. The topological polar surface area (TPSA) is 21.3 Å². The maximum absolute atomic E-state index is 12.9. The molecular weight excluding hydrogens is 279 g/mol. The largest absolute Gasteiger partial charge is 0.488 e. The van der Waals surface area contributed by atoms with Gasteiger partial charge >= 0.3 is 6.18 Å². The molecule has 3 rings (SSSR count). The van der Waals surface area contributed by atoms with Crippen LogP contribution in [0.15, 0.2) is 42.5 Å². The van der Waals surface area contributed by atoms with E-state index in [1.165, 1.54) is 23.8 Å². The Balaban J connectivity index is 1.76. The number of nitrogens with one attached hydrogen (secondary N) is 1. The van der Waals surface area contributed by atoms with Crippen molar-refractivity contribution in [2.24, 2.45) is 0 Å². The lowest BCUT2D eigenvalue weighted by Crippen LogP contribution is -2.08. The Morgan fingerprint density at radius 1 is 1.10 bits per heavy atom. The van der Waals surface area contributed by atoms with E-state index in [4.69, 9.17) is 4.74 Å². The van der Waals surface area contributed by atoms with Gasteiger partial charge < -0.3 is 10.1 Å². The number of para-hydroxylation sites is 1. The van der Waals surface area contributed by atoms with Crippen molar-refractivity contribution in [3.8, 4) is 5.75 Å². The molecule has 110 valence electrons. The van der Waals surface area contributed by atoms with Crippen LogP contribution in [0.1, 0.15) is 16.7 Å². The van der Waals surface area contributed by atoms with Gasteiger partial charge in [-0.2, -0.15) is 13.2 Å². The third-order valence-corrected chi connectivity index (χ3v) is 3.47. The standard InChI is InChI=1S/C16H14F3NO/c17-16(18,19)13-3-1-2-4-15(13)21-10-11-5-6-14-12(9-11)7-8-20-14/h1-6,9,20H,7-8,10H2. The normalized spacial score (nSPS) is 13.7. The van der Waals surface area contributed by atoms with Crippen molar-refractivity contribution in [3.63, 3.8) is 0 Å². The summed E-state index contributed by atoms with van der Waals surface area (Å²) in [5.41, 5.74) is 2.40. The molecule has 0 atom stereocenters. The van der Waals surface area contributed by atoms with Crippen molar-refractivity contribution in [2.75, 3.05) is 11.9 Å². The fourth-order valence-electron chi connectivity index (χ4n) is 2.44. The van der Waals surface area contributed by atoms with Crippen LogP contribution in [0.2, 0.25) is 0 Å². The first kappa shape index (κ1) is 13.8. The Hall–Kier alpha value is -2.17. The highest BCUT2D eigenvalue weighted by Crippen LogP contribution is 2.36. The number of rotatable bonds is 3. The van der Waals surface area contributed by atoms with Gasteiger partial charge in [0.25, 0.3) is 0 Å². The summed E-state index contributed by atoms with van der Waals surface area (Å²) in [7, 11) is 0. The van der Waals surface area contributed by atoms with Crippen LogP contribution in [-0.2, 0) is 19.2 Å². The molecule has 1 N–H and O–H groups in total. The number of hydrogen-bond donors (Lipinski definition) is 1. The third kappa shape index (κ3) is 2.96. The number of halogens is 3. The Labute approximate surface area is 120 Å². The van der Waals surface area contributed by atoms with Gasteiger partial charge in [0.1, 0.15) is 12.4 Å². The zero-order chi connectivity index (χ0) is 14.9. The van der Waals surface area contributed by atoms with Gasteiger partial charge in [0, 0.05) is 12.2 Å². The third-order valence-electron chi connectivity index (χ3n) is 3.47. The molecule has 0 fully saturated rings. The van der Waals surface area contributed by atoms with Gasteiger partial charge in [-0.3, -0.25) is 0 Å². The Kier molecular flexibility index (Phi) is 3.49. The minimum atomic E-state index is -4.40. The van der Waals surface area contributed by atoms with E-state index in [0.717, 1.165) is 30.3 Å². The number of hydrogen-bond acceptors (Lipinski definition) is 2. The molecule has 0 amide bonds. The lowest BCUT2D eigenvalue weighted by Gasteiger charge is -2.14. The second kappa shape index (κ2) is 5.31. The highest BCUT2D eigenvalue weighted by molar-refractivity contribution is 5.56. The molecule has 2 aromatic rings. The second-order valence-electron chi connectivity index (χ2n) is 4.95. The van der Waals surface area contributed by atoms with E-state index in [9.17, 15) is 13.2 Å². The van der Waals surface area contributed by atoms with Gasteiger partial charge in [-0.15, -0.1) is 0 Å². The first-order chi connectivity index (χ1) is 10.0. The summed E-state index contributed by atoms with van der Waals surface area (Å²) in [4.78, 5) is 0. The van der Waals surface area contributed by atoms with E-state index in [-0.39, 0.29) is 12.4 Å². The van der Waals surface area contributed by atoms with E-state index >= 15 is 0 Å². The van der Waals surface area contributed by atoms with Crippen molar-refractivity contribution in [1.82, 2.24) is 0 Å². The van der Waals surface area contributed by atoms with E-state index in [1.807, 2.05) is 18.2 Å². The maximum Gasteiger partial charge on any atom is 0.419 e. The molecule has 0 unspecified atom stereocenters. The zero-order valence-corrected chi connectivity index (χ0v) is 11.2. The van der Waals surface area contributed by atoms with Gasteiger partial charge in [0.15, 0.2) is 0 Å². The van der Waals surface area contributed by atoms with Crippen LogP contribution in [0.25, 0.3) is 0 Å². The van der Waals surface area contributed by atoms with Gasteiger partial charge in [-0.25, -0.2) is 0 Å². The Morgan fingerprint density at radius 3 is 2.71 bits per heavy atom. The van der Waals surface area contributed by atoms with Crippen LogP contribution in [0, 0.1) is 0 Å². The van der Waals surface area contributed by atoms with Crippen LogP contribution >= 0.6 is 0 Å². The van der Waals surface area contributed by atoms with Crippen molar-refractivity contribution in [1.29, 1.82) is 0 Å². The summed E-state index contributed by atoms with van der Waals surface area (Å²) in [6.45, 7) is 1.02. The number of anilines is 1. The van der Waals surface area contributed by atoms with Crippen molar-refractivity contribution >= 4 is 5.69 Å². The first-order valence-electron chi connectivity index (χ1n) is 6.69. The zero-order valence-electron chi connectivity index (χ0n) is 11.2. The average Bonchev–Trinajstić information content (AvgIpc) is 2.92.